The lowest BCUT2D eigenvalue weighted by molar-refractivity contribution is -0.135. The highest BCUT2D eigenvalue weighted by molar-refractivity contribution is 6.12. The van der Waals surface area contributed by atoms with Gasteiger partial charge >= 0.3 is 60.1 Å². The number of aromatic nitrogens is 10. The van der Waals surface area contributed by atoms with Gasteiger partial charge in [-0.1, -0.05) is 129 Å². The minimum atomic E-state index is -0.791. The molecule has 5 aliphatic rings. The lowest BCUT2D eigenvalue weighted by atomic mass is 9.71. The molecule has 31 heteroatoms. The van der Waals surface area contributed by atoms with Crippen LogP contribution in [0.2, 0.25) is 0 Å². The minimum absolute atomic E-state index is 0.0292. The molecule has 0 amide bonds. The van der Waals surface area contributed by atoms with Gasteiger partial charge in [0.25, 0.3) is 0 Å². The maximum Gasteiger partial charge on any atom is 0.419 e. The maximum absolute atomic E-state index is 13.4. The summed E-state index contributed by atoms with van der Waals surface area (Å²) in [5.41, 5.74) is 18.3. The van der Waals surface area contributed by atoms with Crippen molar-refractivity contribution in [2.24, 2.45) is 56.7 Å². The van der Waals surface area contributed by atoms with E-state index in [0.29, 0.717) is 115 Å². The Morgan fingerprint density at radius 3 is 0.846 bits per heavy atom. The number of nitrogens with zero attached hydrogens (tertiary/aromatic N) is 8. The van der Waals surface area contributed by atoms with Crippen LogP contribution in [0.25, 0.3) is 79.5 Å². The summed E-state index contributed by atoms with van der Waals surface area (Å²) in [4.78, 5) is 169. The summed E-state index contributed by atoms with van der Waals surface area (Å²) < 4.78 is 55.9. The van der Waals surface area contributed by atoms with Crippen molar-refractivity contribution in [1.82, 2.24) is 48.6 Å². The van der Waals surface area contributed by atoms with Crippen LogP contribution in [0.1, 0.15) is 374 Å². The fraction of sp³-hybridized carbons (Fsp3) is 0.542. The molecule has 10 heterocycles. The Kier molecular flexibility index (Phi) is 36.2. The maximum atomic E-state index is 13.4. The van der Waals surface area contributed by atoms with Crippen LogP contribution in [-0.4, -0.2) is 179 Å². The number of H-pyrrole nitrogens is 2. The van der Waals surface area contributed by atoms with E-state index in [4.69, 9.17) is 67.6 Å². The molecule has 0 radical (unpaired) electrons. The van der Waals surface area contributed by atoms with Gasteiger partial charge in [-0.3, -0.25) is 29.7 Å². The van der Waals surface area contributed by atoms with Crippen molar-refractivity contribution in [2.75, 3.05) is 47.3 Å². The largest absolute Gasteiger partial charge is 0.466 e. The molecule has 5 unspecified atom stereocenters. The molecule has 0 spiro atoms. The van der Waals surface area contributed by atoms with E-state index in [0.717, 1.165) is 168 Å². The zero-order valence-corrected chi connectivity index (χ0v) is 93.5. The lowest BCUT2D eigenvalue weighted by Crippen LogP contribution is -2.29. The number of methoxy groups -OCH3 is 2. The van der Waals surface area contributed by atoms with Gasteiger partial charge in [0.2, 0.25) is 0 Å². The summed E-state index contributed by atoms with van der Waals surface area (Å²) in [6.45, 7) is 67.2. The lowest BCUT2D eigenvalue weighted by Gasteiger charge is -2.34. The van der Waals surface area contributed by atoms with Crippen LogP contribution in [0.3, 0.4) is 0 Å². The first kappa shape index (κ1) is 116. The van der Waals surface area contributed by atoms with Gasteiger partial charge in [-0.2, -0.15) is 0 Å². The van der Waals surface area contributed by atoms with E-state index in [1.54, 1.807) is 115 Å². The average Bonchev–Trinajstić information content (AvgIpc) is 1.61. The minimum Gasteiger partial charge on any atom is -0.466 e. The molecule has 0 saturated heterocycles. The summed E-state index contributed by atoms with van der Waals surface area (Å²) in [6, 6.07) is 10.1. The highest BCUT2D eigenvalue weighted by Crippen LogP contribution is 2.46. The van der Waals surface area contributed by atoms with Gasteiger partial charge < -0.3 is 57.3 Å². The number of aryl methyl sites for hydroxylation is 5. The standard InChI is InChI=1S/C27H36N2O6.C25H34N2O4.C24H32N2O5.C22H28N2O4.C20H26N2O2/c1-9-34-24(31)23-18(11-13-21(30)33-8)22-20(29(23)25(32)35-27(5,6)7)15-16-14-17(26(2,3)4)10-12-19(16)28-22;1-9-17-20-19(14-15-13-16(24(3,4)5)11-12-18(15)26-20)27(21(17)22(28)30-10-2)23(29)31-25(6,7)8;1-8-30-21(28)20-16(13-27)19-18(26(20)22(29)31-24(5,6)7)12-14-11-15(23(2,3)4)9-10-17(14)25-19;1-6-28-21(26)20-15(8-10-18(25)27-5)19-17(24-20)12-13-11-14(22(2,3)4)7-9-16(13)23-19;1-6-14-17-16(22-18(14)19(23)24-7-2)11-12-10-13(20(3,4)5)8-9-15(12)21-17/h11,13,15,17H,9-10,12,14H2,1-8H3;9,14,16H,1,10-13H2,2-8H3;12-13,15H,8-11H2,1-7H3;8,10,12,14,24H,6-7,9,11H2,1-5H3;6,11,13,22H,1,7-10H2,2-5H3/b13-11+;;;10-8+;. The number of rotatable bonds is 17. The summed E-state index contributed by atoms with van der Waals surface area (Å²) in [5.74, 6) is -1.24. The molecule has 149 heavy (non-hydrogen) atoms. The predicted molar refractivity (Wildman–Crippen MR) is 579 cm³/mol. The number of hydrogen-bond donors (Lipinski definition) is 2. The fourth-order valence-electron chi connectivity index (χ4n) is 20.1. The first-order valence-electron chi connectivity index (χ1n) is 52.2. The van der Waals surface area contributed by atoms with E-state index in [2.05, 4.69) is 144 Å². The molecular formula is C118H156N10O21. The quantitative estimate of drug-likeness (QED) is 0.0370. The van der Waals surface area contributed by atoms with Crippen LogP contribution < -0.4 is 0 Å². The molecule has 804 valence electrons. The van der Waals surface area contributed by atoms with Gasteiger partial charge in [0.15, 0.2) is 12.0 Å². The number of carbonyl (C=O) groups excluding carboxylic acids is 11. The van der Waals surface area contributed by atoms with Crippen LogP contribution in [0.5, 0.6) is 0 Å². The molecule has 10 aromatic heterocycles. The second-order valence-corrected chi connectivity index (χ2v) is 47.3. The Morgan fingerprint density at radius 1 is 0.336 bits per heavy atom. The van der Waals surface area contributed by atoms with E-state index in [1.807, 2.05) is 18.2 Å². The number of nitrogens with one attached hydrogen (secondary N) is 2. The second-order valence-electron chi connectivity index (χ2n) is 47.3. The Morgan fingerprint density at radius 2 is 0.577 bits per heavy atom. The van der Waals surface area contributed by atoms with E-state index >= 15 is 0 Å². The Hall–Kier alpha value is -13.2. The van der Waals surface area contributed by atoms with Gasteiger partial charge in [-0.05, 0) is 320 Å². The van der Waals surface area contributed by atoms with Gasteiger partial charge in [0.1, 0.15) is 45.1 Å². The van der Waals surface area contributed by atoms with Gasteiger partial charge in [-0.15, -0.1) is 0 Å². The Bertz CT molecular complexity index is 6690. The Balaban J connectivity index is 0.000000178. The van der Waals surface area contributed by atoms with Crippen molar-refractivity contribution in [3.8, 4) is 0 Å². The van der Waals surface area contributed by atoms with Crippen molar-refractivity contribution in [2.45, 2.75) is 314 Å². The van der Waals surface area contributed by atoms with Crippen LogP contribution in [0.4, 0.5) is 14.4 Å². The van der Waals surface area contributed by atoms with E-state index in [-0.39, 0.29) is 76.7 Å². The first-order valence-corrected chi connectivity index (χ1v) is 52.2. The number of fused-ring (bicyclic) bond motifs is 10. The molecule has 0 fully saturated rings. The van der Waals surface area contributed by atoms with E-state index < -0.39 is 70.9 Å². The number of ether oxygens (including phenoxy) is 10. The molecule has 10 aromatic rings. The van der Waals surface area contributed by atoms with Crippen LogP contribution >= 0.6 is 0 Å². The van der Waals surface area contributed by atoms with Crippen molar-refractivity contribution in [3.05, 3.63) is 168 Å². The zero-order valence-electron chi connectivity index (χ0n) is 93.5. The topological polar surface area (TPSA) is 391 Å². The first-order chi connectivity index (χ1) is 69.6. The van der Waals surface area contributed by atoms with Gasteiger partial charge in [0, 0.05) is 62.9 Å². The normalized spacial score (nSPS) is 16.8. The monoisotopic (exact) mass is 2050 g/mol. The number of hydrogen-bond acceptors (Lipinski definition) is 26. The molecular weight excluding hydrogens is 1890 g/mol. The SMILES string of the molecule is C=Cc1c(C(=O)OCC)[nH]c2cc3c(nc12)CCC(C(C)(C)C)C3.C=Cc1c(C(=O)OCC)n(C(=O)OC(C)(C)C)c2cc3c(nc12)CCC(C(C)(C)C)C3.CCOC(=O)c1[nH]c2cc3c(nc2c1/C=C/C(=O)OC)CCC(C(C)(C)C)C3.CCOC(=O)c1c(/C=C/C(=O)OC)c2nc3c(cc2n1C(=O)OC(C)(C)C)CC(C(C)(C)C)CC3.CCOC(=O)c1c(C=O)c2nc3c(cc2n1C(=O)OC(C)(C)C)CC(C(C)(C)C)CC3. The second kappa shape index (κ2) is 46.5. The van der Waals surface area contributed by atoms with Crippen LogP contribution in [-0.2, 0) is 121 Å². The van der Waals surface area contributed by atoms with Gasteiger partial charge in [0.05, 0.1) is 102 Å². The number of aromatic amines is 2. The smallest absolute Gasteiger partial charge is 0.419 e. The predicted octanol–water partition coefficient (Wildman–Crippen LogP) is 24.7. The average molecular weight is 2050 g/mol. The molecule has 2 N–H and O–H groups in total. The third kappa shape index (κ3) is 27.2. The summed E-state index contributed by atoms with van der Waals surface area (Å²) in [5, 5.41) is 0. The number of pyridine rings is 5. The molecule has 15 rings (SSSR count). The van der Waals surface area contributed by atoms with Crippen molar-refractivity contribution < 1.29 is 100 Å². The van der Waals surface area contributed by atoms with Gasteiger partial charge in [-0.25, -0.2) is 61.6 Å². The molecule has 5 aliphatic carbocycles. The third-order valence-corrected chi connectivity index (χ3v) is 28.3. The third-order valence-electron chi connectivity index (χ3n) is 28.3. The molecule has 0 bridgehead atoms. The van der Waals surface area contributed by atoms with Crippen molar-refractivity contribution in [1.29, 1.82) is 0 Å². The van der Waals surface area contributed by atoms with Crippen molar-refractivity contribution in [3.63, 3.8) is 0 Å². The highest BCUT2D eigenvalue weighted by atomic mass is 16.6. The summed E-state index contributed by atoms with van der Waals surface area (Å²) in [6.07, 6.45) is 21.5. The number of esters is 7. The van der Waals surface area contributed by atoms with Crippen LogP contribution in [0.15, 0.2) is 55.6 Å². The Labute approximate surface area is 875 Å². The number of carbonyl (C=O) groups is 11. The van der Waals surface area contributed by atoms with Crippen molar-refractivity contribution >= 4 is 146 Å². The molecule has 0 aliphatic heterocycles. The summed E-state index contributed by atoms with van der Waals surface area (Å²) in [7, 11) is 2.58. The van der Waals surface area contributed by atoms with E-state index in [1.165, 1.54) is 52.7 Å². The highest BCUT2D eigenvalue weighted by Gasteiger charge is 2.42. The molecule has 5 atom stereocenters. The fourth-order valence-corrected chi connectivity index (χ4v) is 20.1. The summed E-state index contributed by atoms with van der Waals surface area (Å²) >= 11 is 0. The molecule has 0 saturated carbocycles. The zero-order chi connectivity index (χ0) is 110. The number of aldehydes is 1. The molecule has 31 nitrogen and oxygen atoms in total. The van der Waals surface area contributed by atoms with Crippen LogP contribution in [0, 0.1) is 56.7 Å². The van der Waals surface area contributed by atoms with E-state index in [9.17, 15) is 52.7 Å². The molecule has 0 aromatic carbocycles.